The molecule has 0 amide bonds. The van der Waals surface area contributed by atoms with Crippen molar-refractivity contribution in [1.29, 1.82) is 0 Å². The molecular weight excluding hydrogens is 973 g/mol. The third-order valence-electron chi connectivity index (χ3n) is 13.8. The molecule has 1 saturated heterocycles. The monoisotopic (exact) mass is 1080 g/mol. The summed E-state index contributed by atoms with van der Waals surface area (Å²) in [6, 6.07) is 0. The molecule has 12 nitrogen and oxygen atoms in total. The molecule has 0 aliphatic carbocycles. The second kappa shape index (κ2) is 52.8. The van der Waals surface area contributed by atoms with Crippen molar-refractivity contribution >= 4 is 23.9 Å². The fourth-order valence-electron chi connectivity index (χ4n) is 9.09. The SMILES string of the molecule is CC/C=C\C/C=C\C/C=C\C/C=C\C/C=C\CC(=O)OC1C(OCC(COC(=O)CCCCCCCCC/C=C\CCCCCCCC)OC(=O)CCCCCCCCCCCCCCCCC)OC(C(=O)O)C(O)C1O. The van der Waals surface area contributed by atoms with Gasteiger partial charge in [-0.05, 0) is 70.6 Å². The van der Waals surface area contributed by atoms with E-state index >= 15 is 0 Å². The first-order valence-electron chi connectivity index (χ1n) is 30.9. The van der Waals surface area contributed by atoms with Crippen LogP contribution in [0.1, 0.15) is 265 Å². The highest BCUT2D eigenvalue weighted by Gasteiger charge is 2.50. The predicted molar refractivity (Wildman–Crippen MR) is 312 cm³/mol. The first-order valence-corrected chi connectivity index (χ1v) is 30.9. The zero-order chi connectivity index (χ0) is 56.1. The number of carbonyl (C=O) groups is 4. The van der Waals surface area contributed by atoms with Gasteiger partial charge in [0.25, 0.3) is 0 Å². The van der Waals surface area contributed by atoms with Crippen LogP contribution in [0.15, 0.2) is 72.9 Å². The summed E-state index contributed by atoms with van der Waals surface area (Å²) < 4.78 is 28.3. The van der Waals surface area contributed by atoms with Crippen molar-refractivity contribution in [3.8, 4) is 0 Å². The lowest BCUT2D eigenvalue weighted by molar-refractivity contribution is -0.301. The Morgan fingerprint density at radius 3 is 1.30 bits per heavy atom. The maximum absolute atomic E-state index is 13.2. The molecule has 0 aromatic carbocycles. The summed E-state index contributed by atoms with van der Waals surface area (Å²) in [7, 11) is 0. The number of aliphatic carboxylic acids is 1. The lowest BCUT2D eigenvalue weighted by Crippen LogP contribution is -2.61. The van der Waals surface area contributed by atoms with Crippen LogP contribution in [0.3, 0.4) is 0 Å². The fraction of sp³-hybridized carbons (Fsp3) is 0.754. The summed E-state index contributed by atoms with van der Waals surface area (Å²) in [6.45, 7) is 5.85. The molecule has 12 heteroatoms. The van der Waals surface area contributed by atoms with E-state index in [1.165, 1.54) is 135 Å². The number of hydrogen-bond donors (Lipinski definition) is 3. The normalized spacial score (nSPS) is 18.5. The standard InChI is InChI=1S/C65H110O12/c1-4-7-10-13-16-19-22-25-28-29-32-33-36-39-42-45-48-51-57(66)73-54-56(75-58(67)52-49-46-43-40-37-34-30-26-23-20-17-14-11-8-5-2)55-74-65-63(61(70)60(69)62(77-65)64(71)72)76-59(68)53-50-47-44-41-38-35-31-27-24-21-18-15-12-9-6-3/h9,12,18,21,25,27-28,31,38,41,47,50,56,60-63,65,69-70H,4-8,10-11,13-17,19-20,22-24,26,29-30,32-37,39-40,42-46,48-49,51-55H2,1-3H3,(H,71,72)/b12-9-,21-18-,28-25-,31-27-,41-38-,50-47-. The Labute approximate surface area is 468 Å². The zero-order valence-corrected chi connectivity index (χ0v) is 48.7. The molecule has 6 unspecified atom stereocenters. The number of esters is 3. The van der Waals surface area contributed by atoms with E-state index in [0.29, 0.717) is 19.3 Å². The summed E-state index contributed by atoms with van der Waals surface area (Å²) in [5.74, 6) is -3.27. The van der Waals surface area contributed by atoms with Crippen LogP contribution in [-0.2, 0) is 42.9 Å². The number of carbonyl (C=O) groups excluding carboxylic acids is 3. The van der Waals surface area contributed by atoms with Crippen molar-refractivity contribution in [3.05, 3.63) is 72.9 Å². The number of unbranched alkanes of at least 4 members (excludes halogenated alkanes) is 27. The summed E-state index contributed by atoms with van der Waals surface area (Å²) in [6.07, 6.45) is 54.6. The molecule has 0 bridgehead atoms. The Morgan fingerprint density at radius 1 is 0.455 bits per heavy atom. The molecule has 3 N–H and O–H groups in total. The van der Waals surface area contributed by atoms with Gasteiger partial charge in [-0.3, -0.25) is 14.4 Å². The first-order chi connectivity index (χ1) is 37.6. The third-order valence-corrected chi connectivity index (χ3v) is 13.8. The highest BCUT2D eigenvalue weighted by molar-refractivity contribution is 5.74. The molecule has 442 valence electrons. The van der Waals surface area contributed by atoms with Crippen LogP contribution >= 0.6 is 0 Å². The quantitative estimate of drug-likeness (QED) is 0.0228. The van der Waals surface area contributed by atoms with Gasteiger partial charge in [-0.2, -0.15) is 0 Å². The van der Waals surface area contributed by atoms with Gasteiger partial charge in [0.2, 0.25) is 0 Å². The van der Waals surface area contributed by atoms with Crippen molar-refractivity contribution in [2.24, 2.45) is 0 Å². The van der Waals surface area contributed by atoms with Gasteiger partial charge in [-0.25, -0.2) is 4.79 Å². The van der Waals surface area contributed by atoms with E-state index in [0.717, 1.165) is 70.6 Å². The smallest absolute Gasteiger partial charge is 0.335 e. The topological polar surface area (TPSA) is 175 Å². The van der Waals surface area contributed by atoms with E-state index < -0.39 is 67.3 Å². The number of carboxylic acids is 1. The Morgan fingerprint density at radius 2 is 0.857 bits per heavy atom. The summed E-state index contributed by atoms with van der Waals surface area (Å²) in [5.41, 5.74) is 0. The van der Waals surface area contributed by atoms with E-state index in [2.05, 4.69) is 69.4 Å². The van der Waals surface area contributed by atoms with Crippen LogP contribution in [0.5, 0.6) is 0 Å². The fourth-order valence-corrected chi connectivity index (χ4v) is 9.09. The highest BCUT2D eigenvalue weighted by atomic mass is 16.7. The van der Waals surface area contributed by atoms with Crippen LogP contribution in [0.4, 0.5) is 0 Å². The molecule has 1 heterocycles. The minimum atomic E-state index is -1.94. The average molecular weight is 1080 g/mol. The number of hydrogen-bond acceptors (Lipinski definition) is 11. The number of ether oxygens (including phenoxy) is 5. The van der Waals surface area contributed by atoms with Crippen LogP contribution in [0.25, 0.3) is 0 Å². The van der Waals surface area contributed by atoms with Gasteiger partial charge in [0, 0.05) is 12.8 Å². The van der Waals surface area contributed by atoms with E-state index in [4.69, 9.17) is 23.7 Å². The van der Waals surface area contributed by atoms with E-state index in [1.54, 1.807) is 12.2 Å². The number of carboxylic acid groups (broad SMARTS) is 1. The number of aliphatic hydroxyl groups is 2. The van der Waals surface area contributed by atoms with E-state index in [9.17, 15) is 34.5 Å². The molecule has 1 aliphatic heterocycles. The molecule has 0 aromatic heterocycles. The lowest BCUT2D eigenvalue weighted by atomic mass is 9.98. The molecule has 1 fully saturated rings. The van der Waals surface area contributed by atoms with Crippen molar-refractivity contribution in [1.82, 2.24) is 0 Å². The van der Waals surface area contributed by atoms with Crippen LogP contribution in [0, 0.1) is 0 Å². The Balaban J connectivity index is 2.72. The lowest BCUT2D eigenvalue weighted by Gasteiger charge is -2.40. The number of rotatable bonds is 52. The van der Waals surface area contributed by atoms with Gasteiger partial charge in [-0.15, -0.1) is 0 Å². The first kappa shape index (κ1) is 71.2. The third kappa shape index (κ3) is 42.7. The largest absolute Gasteiger partial charge is 0.479 e. The van der Waals surface area contributed by atoms with Crippen LogP contribution in [-0.4, -0.2) is 89.2 Å². The van der Waals surface area contributed by atoms with Crippen LogP contribution in [0.2, 0.25) is 0 Å². The van der Waals surface area contributed by atoms with E-state index in [1.807, 2.05) is 12.2 Å². The molecule has 77 heavy (non-hydrogen) atoms. The van der Waals surface area contributed by atoms with Crippen molar-refractivity contribution < 1.29 is 58.2 Å². The molecule has 0 radical (unpaired) electrons. The average Bonchev–Trinajstić information content (AvgIpc) is 3.43. The van der Waals surface area contributed by atoms with Crippen molar-refractivity contribution in [2.75, 3.05) is 13.2 Å². The number of aliphatic hydroxyl groups excluding tert-OH is 2. The molecular formula is C65H110O12. The van der Waals surface area contributed by atoms with Gasteiger partial charge in [-0.1, -0.05) is 248 Å². The van der Waals surface area contributed by atoms with Gasteiger partial charge in [0.1, 0.15) is 18.8 Å². The van der Waals surface area contributed by atoms with Crippen LogP contribution < -0.4 is 0 Å². The Hall–Kier alpha value is -3.84. The maximum Gasteiger partial charge on any atom is 0.335 e. The summed E-state index contributed by atoms with van der Waals surface area (Å²) >= 11 is 0. The molecule has 1 rings (SSSR count). The molecule has 0 saturated carbocycles. The van der Waals surface area contributed by atoms with Gasteiger partial charge < -0.3 is 39.0 Å². The number of allylic oxidation sites excluding steroid dienone is 11. The molecule has 0 spiro atoms. The van der Waals surface area contributed by atoms with Gasteiger partial charge >= 0.3 is 23.9 Å². The summed E-state index contributed by atoms with van der Waals surface area (Å²) in [4.78, 5) is 51.1. The van der Waals surface area contributed by atoms with E-state index in [-0.39, 0.29) is 25.9 Å². The van der Waals surface area contributed by atoms with Gasteiger partial charge in [0.05, 0.1) is 13.0 Å². The zero-order valence-electron chi connectivity index (χ0n) is 48.7. The molecule has 0 aromatic rings. The minimum Gasteiger partial charge on any atom is -0.479 e. The molecule has 6 atom stereocenters. The predicted octanol–water partition coefficient (Wildman–Crippen LogP) is 16.1. The second-order valence-electron chi connectivity index (χ2n) is 21.0. The second-order valence-corrected chi connectivity index (χ2v) is 21.0. The summed E-state index contributed by atoms with van der Waals surface area (Å²) in [5, 5.41) is 31.5. The van der Waals surface area contributed by atoms with Crippen molar-refractivity contribution in [3.63, 3.8) is 0 Å². The Bertz CT molecular complexity index is 1620. The Kier molecular flexibility index (Phi) is 48.8. The highest BCUT2D eigenvalue weighted by Crippen LogP contribution is 2.26. The molecule has 1 aliphatic rings. The van der Waals surface area contributed by atoms with Gasteiger partial charge in [0.15, 0.2) is 24.6 Å². The van der Waals surface area contributed by atoms with Crippen molar-refractivity contribution in [2.45, 2.75) is 302 Å². The minimum absolute atomic E-state index is 0.153. The maximum atomic E-state index is 13.2.